The molecule has 0 aliphatic carbocycles. The van der Waals surface area contributed by atoms with Crippen LogP contribution in [0.2, 0.25) is 0 Å². The van der Waals surface area contributed by atoms with Gasteiger partial charge in [-0.15, -0.1) is 0 Å². The number of hydrogen-bond acceptors (Lipinski definition) is 7. The van der Waals surface area contributed by atoms with E-state index in [1.54, 1.807) is 21.1 Å². The fraction of sp³-hybridized carbons (Fsp3) is 0.769. The molecule has 0 heterocycles. The van der Waals surface area contributed by atoms with Crippen molar-refractivity contribution in [2.24, 2.45) is 0 Å². The maximum Gasteiger partial charge on any atom is 0.324 e. The lowest BCUT2D eigenvalue weighted by atomic mass is 9.81. The van der Waals surface area contributed by atoms with Crippen molar-refractivity contribution in [2.75, 3.05) is 67.1 Å². The molecule has 0 radical (unpaired) electrons. The first-order valence-electron chi connectivity index (χ1n) is 11.7. The van der Waals surface area contributed by atoms with Crippen LogP contribution in [0.15, 0.2) is 18.2 Å². The molecular weight excluding hydrogens is 424 g/mol. The lowest BCUT2D eigenvalue weighted by molar-refractivity contribution is -0.336. The molecule has 0 saturated heterocycles. The molecule has 1 aromatic carbocycles. The summed E-state index contributed by atoms with van der Waals surface area (Å²) in [5.74, 6) is -0.552. The van der Waals surface area contributed by atoms with E-state index in [9.17, 15) is 0 Å². The lowest BCUT2D eigenvalue weighted by Crippen LogP contribution is -2.41. The molecule has 0 fully saturated rings. The Morgan fingerprint density at radius 1 is 0.606 bits per heavy atom. The summed E-state index contributed by atoms with van der Waals surface area (Å²) in [6.45, 7) is 18.4. The van der Waals surface area contributed by atoms with E-state index in [1.807, 2.05) is 0 Å². The predicted molar refractivity (Wildman–Crippen MR) is 130 cm³/mol. The van der Waals surface area contributed by atoms with Gasteiger partial charge < -0.3 is 33.2 Å². The van der Waals surface area contributed by atoms with Crippen LogP contribution in [0.25, 0.3) is 0 Å². The van der Waals surface area contributed by atoms with Crippen LogP contribution in [0.4, 0.5) is 0 Å². The standard InChI is InChI=1S/C26H46O7/c1-24(2,3)21-10-11-22(25(4,5)6)23(20-21)33-26(7,31-18-16-29-14-12-27-8)32-19-17-30-15-13-28-9/h10-11,20H,12-19H2,1-9H3. The van der Waals surface area contributed by atoms with Gasteiger partial charge in [-0.25, -0.2) is 0 Å². The molecule has 0 aromatic heterocycles. The van der Waals surface area contributed by atoms with Gasteiger partial charge in [0, 0.05) is 21.1 Å². The highest BCUT2D eigenvalue weighted by Gasteiger charge is 2.32. The van der Waals surface area contributed by atoms with Gasteiger partial charge in [-0.1, -0.05) is 53.7 Å². The number of hydrogen-bond donors (Lipinski definition) is 0. The van der Waals surface area contributed by atoms with E-state index in [2.05, 4.69) is 59.7 Å². The topological polar surface area (TPSA) is 64.6 Å². The molecule has 1 rings (SSSR count). The first kappa shape index (κ1) is 29.8. The highest BCUT2D eigenvalue weighted by atomic mass is 16.9. The van der Waals surface area contributed by atoms with E-state index in [4.69, 9.17) is 33.2 Å². The molecule has 0 aliphatic heterocycles. The minimum Gasteiger partial charge on any atom is -0.439 e. The predicted octanol–water partition coefficient (Wildman–Crippen LogP) is 4.69. The first-order valence-corrected chi connectivity index (χ1v) is 11.7. The molecule has 0 N–H and O–H groups in total. The van der Waals surface area contributed by atoms with Crippen molar-refractivity contribution in [1.29, 1.82) is 0 Å². The third-order valence-electron chi connectivity index (χ3n) is 5.00. The minimum atomic E-state index is -1.30. The quantitative estimate of drug-likeness (QED) is 0.256. The largest absolute Gasteiger partial charge is 0.439 e. The molecule has 0 bridgehead atoms. The van der Waals surface area contributed by atoms with Gasteiger partial charge in [0.25, 0.3) is 0 Å². The Balaban J connectivity index is 3.01. The van der Waals surface area contributed by atoms with Crippen molar-refractivity contribution in [3.8, 4) is 5.75 Å². The number of benzene rings is 1. The summed E-state index contributed by atoms with van der Waals surface area (Å²) in [5.41, 5.74) is 2.14. The molecule has 192 valence electrons. The summed E-state index contributed by atoms with van der Waals surface area (Å²) in [6, 6.07) is 6.40. The molecule has 7 heteroatoms. The Morgan fingerprint density at radius 3 is 1.52 bits per heavy atom. The highest BCUT2D eigenvalue weighted by molar-refractivity contribution is 5.43. The summed E-state index contributed by atoms with van der Waals surface area (Å²) < 4.78 is 39.6. The van der Waals surface area contributed by atoms with Gasteiger partial charge in [-0.05, 0) is 28.0 Å². The zero-order valence-electron chi connectivity index (χ0n) is 22.2. The summed E-state index contributed by atoms with van der Waals surface area (Å²) >= 11 is 0. The van der Waals surface area contributed by atoms with Crippen molar-refractivity contribution in [3.05, 3.63) is 29.3 Å². The van der Waals surface area contributed by atoms with Crippen molar-refractivity contribution < 1.29 is 33.2 Å². The average Bonchev–Trinajstić information content (AvgIpc) is 2.71. The van der Waals surface area contributed by atoms with Crippen molar-refractivity contribution in [1.82, 2.24) is 0 Å². The molecule has 7 nitrogen and oxygen atoms in total. The molecule has 1 aromatic rings. The Kier molecular flexibility index (Phi) is 12.9. The third-order valence-corrected chi connectivity index (χ3v) is 5.00. The maximum absolute atomic E-state index is 6.45. The SMILES string of the molecule is COCCOCCOC(C)(OCCOCCOC)Oc1cc(C(C)(C)C)ccc1C(C)(C)C. The van der Waals surface area contributed by atoms with Crippen LogP contribution in [0.5, 0.6) is 5.75 Å². The third kappa shape index (κ3) is 11.7. The van der Waals surface area contributed by atoms with Gasteiger partial charge in [0.1, 0.15) is 5.75 Å². The smallest absolute Gasteiger partial charge is 0.324 e. The number of rotatable bonds is 16. The second kappa shape index (κ2) is 14.2. The average molecular weight is 471 g/mol. The highest BCUT2D eigenvalue weighted by Crippen LogP contribution is 2.37. The molecule has 0 spiro atoms. The van der Waals surface area contributed by atoms with E-state index in [1.165, 1.54) is 5.56 Å². The van der Waals surface area contributed by atoms with Crippen molar-refractivity contribution in [3.63, 3.8) is 0 Å². The van der Waals surface area contributed by atoms with E-state index >= 15 is 0 Å². The molecule has 0 amide bonds. The second-order valence-corrected chi connectivity index (χ2v) is 10.1. The fourth-order valence-electron chi connectivity index (χ4n) is 3.05. The second-order valence-electron chi connectivity index (χ2n) is 10.1. The fourth-order valence-corrected chi connectivity index (χ4v) is 3.05. The van der Waals surface area contributed by atoms with Crippen molar-refractivity contribution >= 4 is 0 Å². The minimum absolute atomic E-state index is 0.0168. The van der Waals surface area contributed by atoms with Crippen LogP contribution in [-0.4, -0.2) is 73.0 Å². The van der Waals surface area contributed by atoms with Gasteiger partial charge in [-0.2, -0.15) is 0 Å². The molecule has 0 unspecified atom stereocenters. The summed E-state index contributed by atoms with van der Waals surface area (Å²) in [7, 11) is 3.29. The number of methoxy groups -OCH3 is 2. The van der Waals surface area contributed by atoms with Gasteiger partial charge in [0.05, 0.1) is 52.9 Å². The summed E-state index contributed by atoms with van der Waals surface area (Å²) in [5, 5.41) is 0. The van der Waals surface area contributed by atoms with Crippen LogP contribution in [-0.2, 0) is 39.3 Å². The summed E-state index contributed by atoms with van der Waals surface area (Å²) in [6.07, 6.45) is 0. The van der Waals surface area contributed by atoms with Gasteiger partial charge in [-0.3, -0.25) is 0 Å². The van der Waals surface area contributed by atoms with E-state index < -0.39 is 5.97 Å². The molecule has 0 atom stereocenters. The van der Waals surface area contributed by atoms with Crippen LogP contribution in [0, 0.1) is 0 Å². The maximum atomic E-state index is 6.45. The van der Waals surface area contributed by atoms with Gasteiger partial charge >= 0.3 is 5.97 Å². The van der Waals surface area contributed by atoms with Crippen LogP contribution < -0.4 is 4.74 Å². The van der Waals surface area contributed by atoms with Crippen LogP contribution in [0.1, 0.15) is 59.6 Å². The Labute approximate surface area is 201 Å². The zero-order valence-corrected chi connectivity index (χ0v) is 22.2. The Bertz CT molecular complexity index is 646. The molecule has 0 saturated carbocycles. The van der Waals surface area contributed by atoms with Crippen LogP contribution in [0.3, 0.4) is 0 Å². The van der Waals surface area contributed by atoms with Crippen molar-refractivity contribution in [2.45, 2.75) is 65.3 Å². The van der Waals surface area contributed by atoms with E-state index in [0.29, 0.717) is 52.9 Å². The lowest BCUT2D eigenvalue weighted by Gasteiger charge is -2.34. The first-order chi connectivity index (χ1) is 15.4. The Hall–Kier alpha value is -1.22. The zero-order chi connectivity index (χ0) is 25.0. The van der Waals surface area contributed by atoms with Crippen LogP contribution >= 0.6 is 0 Å². The van der Waals surface area contributed by atoms with E-state index in [-0.39, 0.29) is 10.8 Å². The van der Waals surface area contributed by atoms with Gasteiger partial charge in [0.15, 0.2) is 0 Å². The van der Waals surface area contributed by atoms with Gasteiger partial charge in [0.2, 0.25) is 0 Å². The van der Waals surface area contributed by atoms with E-state index in [0.717, 1.165) is 11.3 Å². The molecular formula is C26H46O7. The monoisotopic (exact) mass is 470 g/mol. The Morgan fingerprint density at radius 2 is 1.09 bits per heavy atom. The summed E-state index contributed by atoms with van der Waals surface area (Å²) in [4.78, 5) is 0. The molecule has 0 aliphatic rings. The molecule has 33 heavy (non-hydrogen) atoms. The normalized spacial score (nSPS) is 12.9. The number of ether oxygens (including phenoxy) is 7.